The van der Waals surface area contributed by atoms with Crippen LogP contribution in [-0.4, -0.2) is 30.1 Å². The van der Waals surface area contributed by atoms with Crippen LogP contribution in [0, 0.1) is 0 Å². The Bertz CT molecular complexity index is 620. The summed E-state index contributed by atoms with van der Waals surface area (Å²) in [6.07, 6.45) is -0.798. The largest absolute Gasteiger partial charge is 0.514 e. The van der Waals surface area contributed by atoms with Crippen molar-refractivity contribution in [2.75, 3.05) is 0 Å². The first-order valence-corrected chi connectivity index (χ1v) is 8.24. The summed E-state index contributed by atoms with van der Waals surface area (Å²) in [5.74, 6) is 0.228. The lowest BCUT2D eigenvalue weighted by atomic mass is 9.79. The van der Waals surface area contributed by atoms with E-state index in [1.165, 1.54) is 0 Å². The van der Waals surface area contributed by atoms with Gasteiger partial charge in [-0.15, -0.1) is 0 Å². The second kappa shape index (κ2) is 6.25. The number of rotatable bonds is 2. The maximum atomic E-state index is 11.7. The summed E-state index contributed by atoms with van der Waals surface area (Å²) in [6, 6.07) is 5.03. The first-order valence-electron chi connectivity index (χ1n) is 7.87. The average molecular weight is 355 g/mol. The first-order chi connectivity index (χ1) is 10.8. The molecule has 2 rings (SSSR count). The van der Waals surface area contributed by atoms with Crippen molar-refractivity contribution >= 4 is 30.3 Å². The lowest BCUT2D eigenvalue weighted by Crippen LogP contribution is -2.41. The molecule has 0 atom stereocenters. The Morgan fingerprint density at radius 3 is 2.12 bits per heavy atom. The van der Waals surface area contributed by atoms with Gasteiger partial charge >= 0.3 is 13.3 Å². The van der Waals surface area contributed by atoms with Crippen molar-refractivity contribution in [1.29, 1.82) is 0 Å². The van der Waals surface area contributed by atoms with Crippen molar-refractivity contribution in [2.24, 2.45) is 0 Å². The van der Waals surface area contributed by atoms with E-state index in [0.29, 0.717) is 0 Å². The summed E-state index contributed by atoms with van der Waals surface area (Å²) in [5, 5.41) is 0.285. The third-order valence-electron chi connectivity index (χ3n) is 4.06. The van der Waals surface area contributed by atoms with Gasteiger partial charge in [-0.1, -0.05) is 17.7 Å². The third-order valence-corrected chi connectivity index (χ3v) is 4.36. The highest BCUT2D eigenvalue weighted by molar-refractivity contribution is 6.62. The van der Waals surface area contributed by atoms with E-state index >= 15 is 0 Å². The maximum absolute atomic E-state index is 11.7. The minimum atomic E-state index is -0.798. The number of carbonyl (C=O) groups excluding carboxylic acids is 1. The molecule has 24 heavy (non-hydrogen) atoms. The minimum absolute atomic E-state index is 0.228. The van der Waals surface area contributed by atoms with Crippen molar-refractivity contribution in [3.63, 3.8) is 0 Å². The second-order valence-corrected chi connectivity index (χ2v) is 8.25. The van der Waals surface area contributed by atoms with Gasteiger partial charge in [-0.2, -0.15) is 0 Å². The number of halogens is 1. The molecule has 0 bridgehead atoms. The Hall–Kier alpha value is -1.24. The highest BCUT2D eigenvalue weighted by atomic mass is 35.5. The van der Waals surface area contributed by atoms with Gasteiger partial charge in [0, 0.05) is 0 Å². The summed E-state index contributed by atoms with van der Waals surface area (Å²) in [5.41, 5.74) is -0.743. The molecule has 7 heteroatoms. The minimum Gasteiger partial charge on any atom is -0.428 e. The van der Waals surface area contributed by atoms with Gasteiger partial charge in [0.05, 0.1) is 16.2 Å². The van der Waals surface area contributed by atoms with Crippen LogP contribution < -0.4 is 10.2 Å². The molecule has 0 saturated carbocycles. The molecule has 0 spiro atoms. The van der Waals surface area contributed by atoms with Crippen LogP contribution in [-0.2, 0) is 14.0 Å². The van der Waals surface area contributed by atoms with Crippen LogP contribution in [0.2, 0.25) is 5.02 Å². The van der Waals surface area contributed by atoms with E-state index in [4.69, 9.17) is 30.4 Å². The summed E-state index contributed by atoms with van der Waals surface area (Å²) in [4.78, 5) is 11.7. The zero-order valence-corrected chi connectivity index (χ0v) is 16.0. The Morgan fingerprint density at radius 2 is 1.67 bits per heavy atom. The second-order valence-electron chi connectivity index (χ2n) is 7.84. The van der Waals surface area contributed by atoms with E-state index < -0.39 is 30.1 Å². The molecule has 0 aliphatic carbocycles. The van der Waals surface area contributed by atoms with Crippen molar-refractivity contribution in [3.8, 4) is 5.75 Å². The quantitative estimate of drug-likeness (QED) is 0.457. The fraction of sp³-hybridized carbons (Fsp3) is 0.588. The summed E-state index contributed by atoms with van der Waals surface area (Å²) < 4.78 is 22.2. The molecular weight excluding hydrogens is 330 g/mol. The van der Waals surface area contributed by atoms with Crippen LogP contribution >= 0.6 is 11.6 Å². The molecule has 0 N–H and O–H groups in total. The SMILES string of the molecule is CC(C)(C)OC(=O)Oc1ccc(B2OC(C)(C)C(C)(C)O2)cc1Cl. The molecule has 5 nitrogen and oxygen atoms in total. The maximum Gasteiger partial charge on any atom is 0.514 e. The van der Waals surface area contributed by atoms with Crippen LogP contribution in [0.15, 0.2) is 18.2 Å². The Labute approximate surface area is 148 Å². The van der Waals surface area contributed by atoms with Gasteiger partial charge < -0.3 is 18.8 Å². The van der Waals surface area contributed by atoms with Crippen LogP contribution in [0.5, 0.6) is 5.75 Å². The Morgan fingerprint density at radius 1 is 1.12 bits per heavy atom. The normalized spacial score (nSPS) is 19.2. The molecule has 0 aromatic heterocycles. The van der Waals surface area contributed by atoms with Gasteiger partial charge in [-0.05, 0) is 66.1 Å². The monoisotopic (exact) mass is 354 g/mol. The standard InChI is InChI=1S/C17H24BClO5/c1-15(2,3)22-14(20)21-13-9-8-11(10-12(13)19)18-23-16(4,5)17(6,7)24-18/h8-10H,1-7H3. The smallest absolute Gasteiger partial charge is 0.428 e. The molecular formula is C17H24BClO5. The summed E-state index contributed by atoms with van der Waals surface area (Å²) in [7, 11) is -0.525. The first kappa shape index (κ1) is 19.1. The van der Waals surface area contributed by atoms with Crippen molar-refractivity contribution in [2.45, 2.75) is 65.3 Å². The number of ether oxygens (including phenoxy) is 2. The molecule has 1 heterocycles. The highest BCUT2D eigenvalue weighted by Crippen LogP contribution is 2.37. The van der Waals surface area contributed by atoms with Crippen LogP contribution in [0.3, 0.4) is 0 Å². The van der Waals surface area contributed by atoms with E-state index in [1.807, 2.05) is 27.7 Å². The predicted molar refractivity (Wildman–Crippen MR) is 94.0 cm³/mol. The van der Waals surface area contributed by atoms with Crippen molar-refractivity contribution in [3.05, 3.63) is 23.2 Å². The molecule has 1 aliphatic rings. The fourth-order valence-electron chi connectivity index (χ4n) is 2.09. The van der Waals surface area contributed by atoms with Gasteiger partial charge in [-0.25, -0.2) is 4.79 Å². The predicted octanol–water partition coefficient (Wildman–Crippen LogP) is 3.95. The zero-order valence-electron chi connectivity index (χ0n) is 15.2. The molecule has 1 fully saturated rings. The van der Waals surface area contributed by atoms with E-state index in [9.17, 15) is 4.79 Å². The number of benzene rings is 1. The molecule has 1 aliphatic heterocycles. The Kier molecular flexibility index (Phi) is 4.97. The Balaban J connectivity index is 2.12. The van der Waals surface area contributed by atoms with Gasteiger partial charge in [0.2, 0.25) is 0 Å². The summed E-state index contributed by atoms with van der Waals surface area (Å²) >= 11 is 6.22. The topological polar surface area (TPSA) is 54.0 Å². The lowest BCUT2D eigenvalue weighted by Gasteiger charge is -2.32. The average Bonchev–Trinajstić information content (AvgIpc) is 2.58. The van der Waals surface area contributed by atoms with Crippen LogP contribution in [0.25, 0.3) is 0 Å². The van der Waals surface area contributed by atoms with Crippen molar-refractivity contribution < 1.29 is 23.6 Å². The number of carbonyl (C=O) groups is 1. The van der Waals surface area contributed by atoms with Crippen molar-refractivity contribution in [1.82, 2.24) is 0 Å². The zero-order chi connectivity index (χ0) is 18.3. The van der Waals surface area contributed by atoms with Crippen LogP contribution in [0.4, 0.5) is 4.79 Å². The fourth-order valence-corrected chi connectivity index (χ4v) is 2.31. The van der Waals surface area contributed by atoms with Crippen LogP contribution in [0.1, 0.15) is 48.5 Å². The molecule has 132 valence electrons. The molecule has 1 saturated heterocycles. The van der Waals surface area contributed by atoms with E-state index in [1.54, 1.807) is 39.0 Å². The molecule has 1 aromatic rings. The van der Waals surface area contributed by atoms with Gasteiger partial charge in [0.15, 0.2) is 5.75 Å². The number of hydrogen-bond donors (Lipinski definition) is 0. The van der Waals surface area contributed by atoms with Gasteiger partial charge in [0.25, 0.3) is 0 Å². The highest BCUT2D eigenvalue weighted by Gasteiger charge is 2.51. The van der Waals surface area contributed by atoms with Gasteiger partial charge in [0.1, 0.15) is 5.60 Å². The number of hydrogen-bond acceptors (Lipinski definition) is 5. The van der Waals surface area contributed by atoms with E-state index in [0.717, 1.165) is 5.46 Å². The summed E-state index contributed by atoms with van der Waals surface area (Å²) in [6.45, 7) is 13.2. The molecule has 0 amide bonds. The molecule has 0 unspecified atom stereocenters. The third kappa shape index (κ3) is 4.24. The lowest BCUT2D eigenvalue weighted by molar-refractivity contribution is 0.00578. The molecule has 0 radical (unpaired) electrons. The van der Waals surface area contributed by atoms with Gasteiger partial charge in [-0.3, -0.25) is 0 Å². The molecule has 1 aromatic carbocycles. The van der Waals surface area contributed by atoms with E-state index in [-0.39, 0.29) is 10.8 Å². The van der Waals surface area contributed by atoms with E-state index in [2.05, 4.69) is 0 Å².